The Hall–Kier alpha value is -3.38. The van der Waals surface area contributed by atoms with Crippen molar-refractivity contribution in [2.24, 2.45) is 5.10 Å². The molecule has 3 aromatic carbocycles. The second-order valence-corrected chi connectivity index (χ2v) is 6.80. The van der Waals surface area contributed by atoms with Crippen molar-refractivity contribution >= 4 is 29.2 Å². The molecule has 0 spiro atoms. The van der Waals surface area contributed by atoms with Gasteiger partial charge in [-0.3, -0.25) is 5.43 Å². The van der Waals surface area contributed by atoms with Gasteiger partial charge in [-0.1, -0.05) is 29.8 Å². The third-order valence-corrected chi connectivity index (χ3v) is 4.33. The molecule has 0 heterocycles. The molecule has 0 fully saturated rings. The van der Waals surface area contributed by atoms with Gasteiger partial charge in [-0.15, -0.1) is 0 Å². The third-order valence-electron chi connectivity index (χ3n) is 4.13. The second-order valence-electron chi connectivity index (χ2n) is 6.40. The summed E-state index contributed by atoms with van der Waals surface area (Å²) in [6.07, 6.45) is 1.70. The van der Waals surface area contributed by atoms with E-state index in [1.807, 2.05) is 48.5 Å². The highest BCUT2D eigenvalue weighted by Crippen LogP contribution is 2.15. The van der Waals surface area contributed by atoms with Gasteiger partial charge in [0.1, 0.15) is 18.1 Å². The lowest BCUT2D eigenvalue weighted by Gasteiger charge is -2.08. The highest BCUT2D eigenvalue weighted by Gasteiger charge is 1.98. The summed E-state index contributed by atoms with van der Waals surface area (Å²) in [4.78, 5) is 0. The fraction of sp³-hybridized carbons (Fsp3) is 0.130. The lowest BCUT2D eigenvalue weighted by atomic mass is 10.2. The Morgan fingerprint density at radius 1 is 0.931 bits per heavy atom. The van der Waals surface area contributed by atoms with Crippen LogP contribution in [0.2, 0.25) is 0 Å². The Balaban J connectivity index is 1.45. The van der Waals surface area contributed by atoms with Gasteiger partial charge >= 0.3 is 0 Å². The van der Waals surface area contributed by atoms with Gasteiger partial charge in [0.25, 0.3) is 0 Å². The summed E-state index contributed by atoms with van der Waals surface area (Å²) in [6, 6.07) is 23.5. The highest BCUT2D eigenvalue weighted by atomic mass is 32.1. The average Bonchev–Trinajstić information content (AvgIpc) is 2.75. The Kier molecular flexibility index (Phi) is 7.19. The first-order chi connectivity index (χ1) is 14.1. The molecular weight excluding hydrogens is 382 g/mol. The molecule has 0 saturated carbocycles. The van der Waals surface area contributed by atoms with Gasteiger partial charge in [0, 0.05) is 5.69 Å². The Morgan fingerprint density at radius 3 is 2.24 bits per heavy atom. The van der Waals surface area contributed by atoms with E-state index in [0.717, 1.165) is 28.3 Å². The first-order valence-corrected chi connectivity index (χ1v) is 9.56. The number of rotatable bonds is 7. The van der Waals surface area contributed by atoms with E-state index in [0.29, 0.717) is 11.7 Å². The molecule has 0 radical (unpaired) electrons. The fourth-order valence-corrected chi connectivity index (χ4v) is 2.67. The molecule has 0 atom stereocenters. The summed E-state index contributed by atoms with van der Waals surface area (Å²) in [7, 11) is 1.63. The number of nitrogens with zero attached hydrogens (tertiary/aromatic N) is 1. The number of hydrogen-bond donors (Lipinski definition) is 2. The predicted molar refractivity (Wildman–Crippen MR) is 122 cm³/mol. The number of nitrogens with one attached hydrogen (secondary N) is 2. The van der Waals surface area contributed by atoms with E-state index in [-0.39, 0.29) is 0 Å². The van der Waals surface area contributed by atoms with Gasteiger partial charge < -0.3 is 14.8 Å². The highest BCUT2D eigenvalue weighted by molar-refractivity contribution is 7.80. The molecule has 3 aromatic rings. The van der Waals surface area contributed by atoms with Crippen LogP contribution in [-0.2, 0) is 6.61 Å². The molecule has 0 saturated heterocycles. The maximum absolute atomic E-state index is 5.81. The minimum Gasteiger partial charge on any atom is -0.497 e. The summed E-state index contributed by atoms with van der Waals surface area (Å²) >= 11 is 5.24. The standard InChI is InChI=1S/C23H23N3O2S/c1-17-3-5-19(6-4-17)16-28-22-11-7-18(8-12-22)15-24-26-23(29)25-20-9-13-21(27-2)14-10-20/h3-15H,16H2,1-2H3,(H2,25,26,29)/b24-15-. The van der Waals surface area contributed by atoms with Gasteiger partial charge in [0.15, 0.2) is 5.11 Å². The van der Waals surface area contributed by atoms with Gasteiger partial charge in [0.2, 0.25) is 0 Å². The zero-order valence-electron chi connectivity index (χ0n) is 16.4. The Morgan fingerprint density at radius 2 is 1.59 bits per heavy atom. The topological polar surface area (TPSA) is 54.9 Å². The van der Waals surface area contributed by atoms with Gasteiger partial charge in [0.05, 0.1) is 13.3 Å². The zero-order valence-corrected chi connectivity index (χ0v) is 17.2. The zero-order chi connectivity index (χ0) is 20.5. The largest absolute Gasteiger partial charge is 0.497 e. The molecule has 0 unspecified atom stereocenters. The molecule has 3 rings (SSSR count). The summed E-state index contributed by atoms with van der Waals surface area (Å²) < 4.78 is 10.9. The van der Waals surface area contributed by atoms with Crippen molar-refractivity contribution in [3.05, 3.63) is 89.5 Å². The van der Waals surface area contributed by atoms with Crippen molar-refractivity contribution in [2.75, 3.05) is 12.4 Å². The normalized spacial score (nSPS) is 10.6. The molecular formula is C23H23N3O2S. The van der Waals surface area contributed by atoms with Crippen LogP contribution in [0.5, 0.6) is 11.5 Å². The molecule has 0 aromatic heterocycles. The molecule has 148 valence electrons. The van der Waals surface area contributed by atoms with Gasteiger partial charge in [-0.2, -0.15) is 5.10 Å². The molecule has 2 N–H and O–H groups in total. The van der Waals surface area contributed by atoms with Crippen LogP contribution in [0.1, 0.15) is 16.7 Å². The number of thiocarbonyl (C=S) groups is 1. The lowest BCUT2D eigenvalue weighted by molar-refractivity contribution is 0.306. The smallest absolute Gasteiger partial charge is 0.191 e. The SMILES string of the molecule is COc1ccc(NC(=S)N/N=C\c2ccc(OCc3ccc(C)cc3)cc2)cc1. The summed E-state index contributed by atoms with van der Waals surface area (Å²) in [5, 5.41) is 7.62. The number of methoxy groups -OCH3 is 1. The number of anilines is 1. The quantitative estimate of drug-likeness (QED) is 0.333. The summed E-state index contributed by atoms with van der Waals surface area (Å²) in [5.41, 5.74) is 6.98. The van der Waals surface area contributed by atoms with Crippen molar-refractivity contribution in [3.8, 4) is 11.5 Å². The lowest BCUT2D eigenvalue weighted by Crippen LogP contribution is -2.23. The van der Waals surface area contributed by atoms with E-state index in [2.05, 4.69) is 47.0 Å². The fourth-order valence-electron chi connectivity index (χ4n) is 2.50. The van der Waals surface area contributed by atoms with Crippen molar-refractivity contribution in [1.82, 2.24) is 5.43 Å². The summed E-state index contributed by atoms with van der Waals surface area (Å²) in [6.45, 7) is 2.61. The number of benzene rings is 3. The van der Waals surface area contributed by atoms with Crippen LogP contribution in [0.3, 0.4) is 0 Å². The maximum Gasteiger partial charge on any atom is 0.191 e. The van der Waals surface area contributed by atoms with E-state index in [9.17, 15) is 0 Å². The maximum atomic E-state index is 5.81. The molecule has 0 aliphatic heterocycles. The van der Waals surface area contributed by atoms with Gasteiger partial charge in [-0.25, -0.2) is 0 Å². The van der Waals surface area contributed by atoms with E-state index in [1.54, 1.807) is 13.3 Å². The molecule has 5 nitrogen and oxygen atoms in total. The van der Waals surface area contributed by atoms with Crippen LogP contribution in [0.4, 0.5) is 5.69 Å². The number of aryl methyl sites for hydroxylation is 1. The molecule has 0 aliphatic carbocycles. The molecule has 0 bridgehead atoms. The second kappa shape index (κ2) is 10.2. The van der Waals surface area contributed by atoms with Crippen molar-refractivity contribution in [1.29, 1.82) is 0 Å². The van der Waals surface area contributed by atoms with Crippen LogP contribution >= 0.6 is 12.2 Å². The van der Waals surface area contributed by atoms with Crippen molar-refractivity contribution in [2.45, 2.75) is 13.5 Å². The van der Waals surface area contributed by atoms with Crippen LogP contribution in [0.15, 0.2) is 77.9 Å². The predicted octanol–water partition coefficient (Wildman–Crippen LogP) is 4.90. The van der Waals surface area contributed by atoms with Crippen LogP contribution in [0.25, 0.3) is 0 Å². The molecule has 6 heteroatoms. The van der Waals surface area contributed by atoms with E-state index in [1.165, 1.54) is 5.56 Å². The van der Waals surface area contributed by atoms with Crippen LogP contribution in [0, 0.1) is 6.92 Å². The minimum atomic E-state index is 0.407. The summed E-state index contributed by atoms with van der Waals surface area (Å²) in [5.74, 6) is 1.60. The van der Waals surface area contributed by atoms with E-state index < -0.39 is 0 Å². The van der Waals surface area contributed by atoms with Gasteiger partial charge in [-0.05, 0) is 78.8 Å². The Labute approximate surface area is 176 Å². The molecule has 0 amide bonds. The number of hydrazone groups is 1. The van der Waals surface area contributed by atoms with Crippen LogP contribution < -0.4 is 20.2 Å². The number of ether oxygens (including phenoxy) is 2. The first kappa shape index (κ1) is 20.4. The number of hydrogen-bond acceptors (Lipinski definition) is 4. The molecule has 0 aliphatic rings. The average molecular weight is 406 g/mol. The van der Waals surface area contributed by atoms with E-state index >= 15 is 0 Å². The van der Waals surface area contributed by atoms with Crippen molar-refractivity contribution in [3.63, 3.8) is 0 Å². The third kappa shape index (κ3) is 6.62. The first-order valence-electron chi connectivity index (χ1n) is 9.15. The Bertz CT molecular complexity index is 953. The minimum absolute atomic E-state index is 0.407. The molecule has 29 heavy (non-hydrogen) atoms. The van der Waals surface area contributed by atoms with E-state index in [4.69, 9.17) is 21.7 Å². The van der Waals surface area contributed by atoms with Crippen molar-refractivity contribution < 1.29 is 9.47 Å². The van der Waals surface area contributed by atoms with Crippen LogP contribution in [-0.4, -0.2) is 18.4 Å². The monoisotopic (exact) mass is 405 g/mol.